The van der Waals surface area contributed by atoms with Gasteiger partial charge in [0.2, 0.25) is 0 Å². The van der Waals surface area contributed by atoms with E-state index in [1.165, 1.54) is 341 Å². The summed E-state index contributed by atoms with van der Waals surface area (Å²) in [5.41, 5.74) is 23.4. The Hall–Kier alpha value is -2.86. The van der Waals surface area contributed by atoms with Crippen molar-refractivity contribution in [2.45, 2.75) is 310 Å². The number of unbranched alkanes of at least 4 members (excludes halogenated alkanes) is 28. The van der Waals surface area contributed by atoms with Gasteiger partial charge in [0.25, 0.3) is 0 Å². The molecule has 4 aromatic heterocycles. The number of benzene rings is 3. The second-order valence-electron chi connectivity index (χ2n) is 27.2. The molecule has 88 heavy (non-hydrogen) atoms. The SMILES string of the molecule is CCCCCCCCCCC1(CCCCCCCCCC)c2cc3c(cc2-c2c1cc(C)c1nsnc21)C(CCCCCCCCCC)(CCCCCCCCCC)c1cc(-c2cc4c(s2)-c2sc(C)cc2C4=C(SCCC)SCCC)c2nsnc2c1-3. The van der Waals surface area contributed by atoms with E-state index >= 15 is 0 Å². The molecule has 0 spiro atoms. The van der Waals surface area contributed by atoms with Gasteiger partial charge in [-0.2, -0.15) is 17.5 Å². The largest absolute Gasteiger partial charge is 0.173 e. The number of thioether (sulfide) groups is 2. The van der Waals surface area contributed by atoms with Gasteiger partial charge in [-0.1, -0.05) is 253 Å². The summed E-state index contributed by atoms with van der Waals surface area (Å²) in [7, 11) is 0. The summed E-state index contributed by atoms with van der Waals surface area (Å²) in [6.07, 6.45) is 49.8. The fraction of sp³-hybridized carbons (Fsp3) is 0.641. The number of fused-ring (bicyclic) bond motifs is 13. The number of aryl methyl sites for hydroxylation is 2. The third-order valence-electron chi connectivity index (χ3n) is 20.5. The third kappa shape index (κ3) is 15.0. The summed E-state index contributed by atoms with van der Waals surface area (Å²) < 4.78 is 22.9. The van der Waals surface area contributed by atoms with Crippen LogP contribution < -0.4 is 0 Å². The van der Waals surface area contributed by atoms with E-state index in [-0.39, 0.29) is 10.8 Å². The maximum absolute atomic E-state index is 5.56. The lowest BCUT2D eigenvalue weighted by Gasteiger charge is -2.35. The van der Waals surface area contributed by atoms with Crippen LogP contribution in [-0.2, 0) is 10.8 Å². The molecule has 10 heteroatoms. The van der Waals surface area contributed by atoms with Gasteiger partial charge in [-0.25, -0.2) is 0 Å². The smallest absolute Gasteiger partial charge is 0.114 e. The van der Waals surface area contributed by atoms with Crippen LogP contribution in [0.15, 0.2) is 40.6 Å². The molecule has 0 bridgehead atoms. The second-order valence-corrected chi connectivity index (χ2v) is 33.0. The molecule has 3 aliphatic carbocycles. The highest BCUT2D eigenvalue weighted by molar-refractivity contribution is 8.22. The van der Waals surface area contributed by atoms with Crippen molar-refractivity contribution >= 4 is 97.3 Å². The van der Waals surface area contributed by atoms with Crippen LogP contribution in [0, 0.1) is 13.8 Å². The molecule has 0 fully saturated rings. The molecule has 0 unspecified atom stereocenters. The molecule has 3 aromatic carbocycles. The van der Waals surface area contributed by atoms with E-state index in [4.69, 9.17) is 17.5 Å². The maximum atomic E-state index is 5.56. The van der Waals surface area contributed by atoms with Gasteiger partial charge in [0, 0.05) is 58.2 Å². The summed E-state index contributed by atoms with van der Waals surface area (Å²) in [4.78, 5) is 5.71. The Bertz CT molecular complexity index is 3320. The molecule has 3 aliphatic rings. The normalized spacial score (nSPS) is 14.2. The highest BCUT2D eigenvalue weighted by Crippen LogP contribution is 2.65. The van der Waals surface area contributed by atoms with Crippen molar-refractivity contribution in [3.8, 4) is 42.4 Å². The fourth-order valence-corrected chi connectivity index (χ4v) is 21.8. The molecule has 0 saturated carbocycles. The molecule has 478 valence electrons. The van der Waals surface area contributed by atoms with Crippen molar-refractivity contribution in [1.82, 2.24) is 17.5 Å². The predicted octanol–water partition coefficient (Wildman–Crippen LogP) is 27.7. The van der Waals surface area contributed by atoms with Gasteiger partial charge in [-0.15, -0.1) is 46.2 Å². The lowest BCUT2D eigenvalue weighted by molar-refractivity contribution is 0.394. The Balaban J connectivity index is 1.15. The van der Waals surface area contributed by atoms with Crippen molar-refractivity contribution in [2.24, 2.45) is 0 Å². The van der Waals surface area contributed by atoms with E-state index in [2.05, 4.69) is 115 Å². The number of aromatic nitrogens is 4. The van der Waals surface area contributed by atoms with Gasteiger partial charge in [-0.05, 0) is 133 Å². The maximum Gasteiger partial charge on any atom is 0.114 e. The first-order valence-electron chi connectivity index (χ1n) is 36.3. The van der Waals surface area contributed by atoms with E-state index in [0.717, 1.165) is 33.6 Å². The highest BCUT2D eigenvalue weighted by atomic mass is 32.2. The molecule has 0 atom stereocenters. The van der Waals surface area contributed by atoms with Gasteiger partial charge >= 0.3 is 0 Å². The quantitative estimate of drug-likeness (QED) is 0.0355. The first-order valence-corrected chi connectivity index (χ1v) is 41.4. The van der Waals surface area contributed by atoms with Crippen LogP contribution in [0.4, 0.5) is 0 Å². The topological polar surface area (TPSA) is 51.6 Å². The Morgan fingerprint density at radius 1 is 0.352 bits per heavy atom. The van der Waals surface area contributed by atoms with Crippen molar-refractivity contribution in [2.75, 3.05) is 11.5 Å². The molecule has 7 aromatic rings. The van der Waals surface area contributed by atoms with E-state index in [9.17, 15) is 0 Å². The molecule has 0 aliphatic heterocycles. The van der Waals surface area contributed by atoms with Crippen LogP contribution in [0.1, 0.15) is 329 Å². The van der Waals surface area contributed by atoms with Gasteiger partial charge in [0.15, 0.2) is 0 Å². The summed E-state index contributed by atoms with van der Waals surface area (Å²) in [6.45, 7) is 18.7. The monoisotopic (exact) mass is 1290 g/mol. The molecule has 10 rings (SSSR count). The lowest BCUT2D eigenvalue weighted by Crippen LogP contribution is -2.27. The molecule has 0 saturated heterocycles. The van der Waals surface area contributed by atoms with Crippen LogP contribution in [0.3, 0.4) is 0 Å². The average Bonchev–Trinajstić information content (AvgIpc) is 1.52. The second kappa shape index (κ2) is 33.8. The highest BCUT2D eigenvalue weighted by Gasteiger charge is 2.50. The summed E-state index contributed by atoms with van der Waals surface area (Å²) in [5, 5.41) is 0. The van der Waals surface area contributed by atoms with Crippen LogP contribution in [-0.4, -0.2) is 29.0 Å². The minimum absolute atomic E-state index is 0.0849. The van der Waals surface area contributed by atoms with Crippen molar-refractivity contribution in [3.05, 3.63) is 84.5 Å². The van der Waals surface area contributed by atoms with Crippen LogP contribution in [0.2, 0.25) is 0 Å². The summed E-state index contributed by atoms with van der Waals surface area (Å²) >= 11 is 11.1. The van der Waals surface area contributed by atoms with Crippen molar-refractivity contribution in [1.29, 1.82) is 0 Å². The number of hydrogen-bond donors (Lipinski definition) is 0. The van der Waals surface area contributed by atoms with E-state index in [0.29, 0.717) is 0 Å². The Labute approximate surface area is 559 Å². The number of thiophene rings is 2. The van der Waals surface area contributed by atoms with E-state index in [1.54, 1.807) is 22.3 Å². The van der Waals surface area contributed by atoms with Gasteiger partial charge in [0.05, 0.1) is 33.2 Å². The minimum Gasteiger partial charge on any atom is -0.173 e. The number of hydrogen-bond acceptors (Lipinski definition) is 10. The molecule has 0 amide bonds. The molecule has 0 radical (unpaired) electrons. The van der Waals surface area contributed by atoms with Crippen molar-refractivity contribution in [3.63, 3.8) is 0 Å². The summed E-state index contributed by atoms with van der Waals surface area (Å²) in [5.74, 6) is 2.30. The molecular weight excluding hydrogens is 1190 g/mol. The molecule has 4 nitrogen and oxygen atoms in total. The standard InChI is InChI=1S/C78H110N4S6/c1-9-15-19-23-27-31-35-39-43-77(44-40-36-32-28-24-20-16-10-2)62-52-58-63(51-57(62)68-64(77)49-55(7)70-72(68)81-87-79-70)78(45-41-37-33-29-25-21-17-11-3,46-42-38-34-30-26-22-18-12-4)65-53-59(71-73(69(58)65)82-88-80-71)66-54-61-67(76(83-47-13-5)84-48-14-6)60-50-56(8)85-74(60)75(61)86-66/h49-54H,9-48H2,1-8H3. The lowest BCUT2D eigenvalue weighted by atomic mass is 9.68. The van der Waals surface area contributed by atoms with Gasteiger partial charge in [-0.3, -0.25) is 0 Å². The van der Waals surface area contributed by atoms with Crippen molar-refractivity contribution < 1.29 is 0 Å². The van der Waals surface area contributed by atoms with Crippen LogP contribution in [0.25, 0.3) is 70.1 Å². The molecule has 4 heterocycles. The third-order valence-corrected chi connectivity index (χ3v) is 26.8. The van der Waals surface area contributed by atoms with Gasteiger partial charge in [0.1, 0.15) is 22.1 Å². The first kappa shape index (κ1) is 68.0. The Kier molecular flexibility index (Phi) is 26.1. The Morgan fingerprint density at radius 3 is 1.16 bits per heavy atom. The van der Waals surface area contributed by atoms with Crippen LogP contribution in [0.5, 0.6) is 0 Å². The zero-order valence-corrected chi connectivity index (χ0v) is 60.9. The zero-order valence-electron chi connectivity index (χ0n) is 56.0. The molecular formula is C78H110N4S6. The van der Waals surface area contributed by atoms with E-state index < -0.39 is 0 Å². The minimum atomic E-state index is -0.147. The summed E-state index contributed by atoms with van der Waals surface area (Å²) in [6, 6.07) is 16.2. The Morgan fingerprint density at radius 2 is 0.716 bits per heavy atom. The van der Waals surface area contributed by atoms with E-state index in [1.807, 2.05) is 22.7 Å². The first-order chi connectivity index (χ1) is 43.3. The fourth-order valence-electron chi connectivity index (χ4n) is 15.9. The molecule has 0 N–H and O–H groups in total. The predicted molar refractivity (Wildman–Crippen MR) is 397 cm³/mol. The van der Waals surface area contributed by atoms with Gasteiger partial charge < -0.3 is 0 Å². The van der Waals surface area contributed by atoms with Crippen LogP contribution >= 0.6 is 69.7 Å². The number of nitrogens with zero attached hydrogens (tertiary/aromatic N) is 4. The number of rotatable bonds is 43. The zero-order chi connectivity index (χ0) is 61.3. The average molecular weight is 1300 g/mol.